The second-order valence-corrected chi connectivity index (χ2v) is 4.05. The number of hydrogen-bond donors (Lipinski definition) is 1. The lowest BCUT2D eigenvalue weighted by atomic mass is 9.97. The molecule has 96 valence electrons. The number of likely N-dealkylation sites (N-methyl/N-ethyl adjacent to an activating group) is 1. The summed E-state index contributed by atoms with van der Waals surface area (Å²) in [6.45, 7) is 3.49. The number of aryl methyl sites for hydroxylation is 1. The second kappa shape index (κ2) is 6.07. The van der Waals surface area contributed by atoms with Crippen LogP contribution in [-0.4, -0.2) is 20.3 Å². The Bertz CT molecular complexity index is 378. The van der Waals surface area contributed by atoms with Crippen molar-refractivity contribution in [2.75, 3.05) is 14.2 Å². The average molecular weight is 243 g/mol. The van der Waals surface area contributed by atoms with Crippen molar-refractivity contribution in [2.24, 2.45) is 0 Å². The highest BCUT2D eigenvalue weighted by Crippen LogP contribution is 2.26. The molecule has 17 heavy (non-hydrogen) atoms. The lowest BCUT2D eigenvalue weighted by Gasteiger charge is -2.25. The van der Waals surface area contributed by atoms with Gasteiger partial charge in [-0.1, -0.05) is 19.1 Å². The predicted octanol–water partition coefficient (Wildman–Crippen LogP) is 2.96. The molecular weight excluding hydrogens is 224 g/mol. The maximum absolute atomic E-state index is 13.9. The predicted molar refractivity (Wildman–Crippen MR) is 64.0 cm³/mol. The highest BCUT2D eigenvalue weighted by Gasteiger charge is 2.24. The van der Waals surface area contributed by atoms with Gasteiger partial charge in [0.2, 0.25) is 0 Å². The number of rotatable bonds is 5. The molecule has 1 aromatic rings. The molecule has 2 atom stereocenters. The fourth-order valence-corrected chi connectivity index (χ4v) is 1.98. The SMILES string of the molecule is CCC(OC)C(NC)c1ccc(C)c(F)c1F. The molecule has 0 saturated heterocycles. The summed E-state index contributed by atoms with van der Waals surface area (Å²) in [5, 5.41) is 2.98. The third-order valence-electron chi connectivity index (χ3n) is 3.03. The molecule has 0 aliphatic carbocycles. The van der Waals surface area contributed by atoms with E-state index in [1.807, 2.05) is 6.92 Å². The van der Waals surface area contributed by atoms with Crippen molar-refractivity contribution in [2.45, 2.75) is 32.4 Å². The van der Waals surface area contributed by atoms with Gasteiger partial charge in [-0.15, -0.1) is 0 Å². The summed E-state index contributed by atoms with van der Waals surface area (Å²) in [5.74, 6) is -1.58. The van der Waals surface area contributed by atoms with E-state index in [9.17, 15) is 8.78 Å². The first kappa shape index (κ1) is 14.1. The van der Waals surface area contributed by atoms with Gasteiger partial charge < -0.3 is 10.1 Å². The minimum absolute atomic E-state index is 0.184. The third-order valence-corrected chi connectivity index (χ3v) is 3.03. The standard InChI is InChI=1S/C13H19F2NO/c1-5-10(17-4)13(16-3)9-7-6-8(2)11(14)12(9)15/h6-7,10,13,16H,5H2,1-4H3. The van der Waals surface area contributed by atoms with Crippen molar-refractivity contribution < 1.29 is 13.5 Å². The van der Waals surface area contributed by atoms with Crippen molar-refractivity contribution in [3.8, 4) is 0 Å². The first-order chi connectivity index (χ1) is 8.06. The van der Waals surface area contributed by atoms with Gasteiger partial charge in [-0.05, 0) is 26.0 Å². The summed E-state index contributed by atoms with van der Waals surface area (Å²) in [4.78, 5) is 0. The van der Waals surface area contributed by atoms with Gasteiger partial charge in [0.05, 0.1) is 12.1 Å². The number of hydrogen-bond acceptors (Lipinski definition) is 2. The fourth-order valence-electron chi connectivity index (χ4n) is 1.98. The molecule has 1 aromatic carbocycles. The van der Waals surface area contributed by atoms with E-state index in [0.29, 0.717) is 11.1 Å². The number of nitrogens with one attached hydrogen (secondary N) is 1. The van der Waals surface area contributed by atoms with E-state index in [4.69, 9.17) is 4.74 Å². The molecule has 1 N–H and O–H groups in total. The van der Waals surface area contributed by atoms with E-state index in [2.05, 4.69) is 5.32 Å². The summed E-state index contributed by atoms with van der Waals surface area (Å²) >= 11 is 0. The lowest BCUT2D eigenvalue weighted by molar-refractivity contribution is 0.0662. The minimum Gasteiger partial charge on any atom is -0.379 e. The normalized spacial score (nSPS) is 14.7. The van der Waals surface area contributed by atoms with Gasteiger partial charge in [0.15, 0.2) is 11.6 Å². The number of halogens is 2. The van der Waals surface area contributed by atoms with Crippen LogP contribution in [0.4, 0.5) is 8.78 Å². The van der Waals surface area contributed by atoms with E-state index in [0.717, 1.165) is 6.42 Å². The van der Waals surface area contributed by atoms with Gasteiger partial charge in [0.25, 0.3) is 0 Å². The van der Waals surface area contributed by atoms with Crippen LogP contribution in [0.25, 0.3) is 0 Å². The molecule has 0 aromatic heterocycles. The van der Waals surface area contributed by atoms with Gasteiger partial charge in [-0.25, -0.2) is 8.78 Å². The number of ether oxygens (including phenoxy) is 1. The molecule has 0 spiro atoms. The molecule has 2 unspecified atom stereocenters. The summed E-state index contributed by atoms with van der Waals surface area (Å²) in [7, 11) is 3.28. The average Bonchev–Trinajstić information content (AvgIpc) is 2.34. The molecule has 0 radical (unpaired) electrons. The lowest BCUT2D eigenvalue weighted by Crippen LogP contribution is -2.31. The van der Waals surface area contributed by atoms with Crippen molar-refractivity contribution in [1.82, 2.24) is 5.32 Å². The van der Waals surface area contributed by atoms with E-state index in [1.165, 1.54) is 0 Å². The van der Waals surface area contributed by atoms with Crippen molar-refractivity contribution >= 4 is 0 Å². The zero-order valence-electron chi connectivity index (χ0n) is 10.7. The van der Waals surface area contributed by atoms with Gasteiger partial charge >= 0.3 is 0 Å². The van der Waals surface area contributed by atoms with E-state index < -0.39 is 11.6 Å². The maximum atomic E-state index is 13.9. The smallest absolute Gasteiger partial charge is 0.163 e. The van der Waals surface area contributed by atoms with Crippen molar-refractivity contribution in [1.29, 1.82) is 0 Å². The van der Waals surface area contributed by atoms with Crippen molar-refractivity contribution in [3.63, 3.8) is 0 Å². The van der Waals surface area contributed by atoms with Gasteiger partial charge in [-0.3, -0.25) is 0 Å². The minimum atomic E-state index is -0.792. The van der Waals surface area contributed by atoms with E-state index >= 15 is 0 Å². The Hall–Kier alpha value is -1.00. The molecule has 1 rings (SSSR count). The van der Waals surface area contributed by atoms with Crippen LogP contribution in [-0.2, 0) is 4.74 Å². The number of benzene rings is 1. The summed E-state index contributed by atoms with van der Waals surface area (Å²) in [6.07, 6.45) is 0.535. The topological polar surface area (TPSA) is 21.3 Å². The molecule has 0 fully saturated rings. The largest absolute Gasteiger partial charge is 0.379 e. The summed E-state index contributed by atoms with van der Waals surface area (Å²) in [5.41, 5.74) is 0.621. The second-order valence-electron chi connectivity index (χ2n) is 4.05. The summed E-state index contributed by atoms with van der Waals surface area (Å²) < 4.78 is 32.7. The first-order valence-electron chi connectivity index (χ1n) is 5.71. The Morgan fingerprint density at radius 2 is 1.94 bits per heavy atom. The first-order valence-corrected chi connectivity index (χ1v) is 5.71. The van der Waals surface area contributed by atoms with Crippen LogP contribution in [0.1, 0.15) is 30.5 Å². The monoisotopic (exact) mass is 243 g/mol. The Labute approximate surface area is 101 Å². The van der Waals surface area contributed by atoms with E-state index in [1.54, 1.807) is 33.2 Å². The van der Waals surface area contributed by atoms with E-state index in [-0.39, 0.29) is 12.1 Å². The highest BCUT2D eigenvalue weighted by atomic mass is 19.2. The zero-order valence-corrected chi connectivity index (χ0v) is 10.7. The molecule has 0 heterocycles. The van der Waals surface area contributed by atoms with Crippen LogP contribution in [0.5, 0.6) is 0 Å². The van der Waals surface area contributed by atoms with Crippen LogP contribution in [0.2, 0.25) is 0 Å². The highest BCUT2D eigenvalue weighted by molar-refractivity contribution is 5.28. The molecule has 0 saturated carbocycles. The van der Waals surface area contributed by atoms with Gasteiger partial charge in [-0.2, -0.15) is 0 Å². The molecular formula is C13H19F2NO. The molecule has 4 heteroatoms. The van der Waals surface area contributed by atoms with Crippen LogP contribution in [0.15, 0.2) is 12.1 Å². The van der Waals surface area contributed by atoms with Gasteiger partial charge in [0.1, 0.15) is 0 Å². The van der Waals surface area contributed by atoms with Crippen LogP contribution in [0, 0.1) is 18.6 Å². The Morgan fingerprint density at radius 1 is 1.29 bits per heavy atom. The van der Waals surface area contributed by atoms with Crippen LogP contribution < -0.4 is 5.32 Å². The van der Waals surface area contributed by atoms with Crippen LogP contribution in [0.3, 0.4) is 0 Å². The Balaban J connectivity index is 3.16. The molecule has 0 amide bonds. The molecule has 0 bridgehead atoms. The van der Waals surface area contributed by atoms with Gasteiger partial charge in [0, 0.05) is 12.7 Å². The maximum Gasteiger partial charge on any atom is 0.163 e. The molecule has 0 aliphatic heterocycles. The summed E-state index contributed by atoms with van der Waals surface area (Å²) in [6, 6.07) is 2.84. The molecule has 0 aliphatic rings. The third kappa shape index (κ3) is 2.82. The fraction of sp³-hybridized carbons (Fsp3) is 0.538. The van der Waals surface area contributed by atoms with Crippen molar-refractivity contribution in [3.05, 3.63) is 34.9 Å². The zero-order chi connectivity index (χ0) is 13.0. The van der Waals surface area contributed by atoms with Crippen LogP contribution >= 0.6 is 0 Å². The molecule has 2 nitrogen and oxygen atoms in total. The quantitative estimate of drug-likeness (QED) is 0.858. The Morgan fingerprint density at radius 3 is 2.41 bits per heavy atom. The number of methoxy groups -OCH3 is 1. The Kier molecular flexibility index (Phi) is 5.02.